The van der Waals surface area contributed by atoms with Gasteiger partial charge in [-0.25, -0.2) is 0 Å². The highest BCUT2D eigenvalue weighted by Crippen LogP contribution is 2.29. The average Bonchev–Trinajstić information content (AvgIpc) is 2.74. The van der Waals surface area contributed by atoms with E-state index in [1.165, 1.54) is 0 Å². The summed E-state index contributed by atoms with van der Waals surface area (Å²) in [4.78, 5) is 2.16. The second kappa shape index (κ2) is 5.80. The first-order valence-corrected chi connectivity index (χ1v) is 7.08. The van der Waals surface area contributed by atoms with Gasteiger partial charge < -0.3 is 15.1 Å². The fourth-order valence-electron chi connectivity index (χ4n) is 2.13. The van der Waals surface area contributed by atoms with Crippen LogP contribution in [-0.2, 0) is 6.54 Å². The molecule has 0 amide bonds. The summed E-state index contributed by atoms with van der Waals surface area (Å²) in [6.45, 7) is 4.68. The minimum absolute atomic E-state index is 0.00622. The Morgan fingerprint density at radius 1 is 1.32 bits per heavy atom. The molecule has 0 spiro atoms. The summed E-state index contributed by atoms with van der Waals surface area (Å²) in [6, 6.07) is 10.2. The molecule has 1 heterocycles. The standard InChI is InChI=1S/C15H19BrN2O/c1-10-4-6-13(19-10)9-18(3)15-7-5-12(16)8-14(15)11(2)17/h4-8,11H,9,17H2,1-3H3. The number of nitrogens with two attached hydrogens (primary N) is 1. The largest absolute Gasteiger partial charge is 0.464 e. The van der Waals surface area contributed by atoms with Gasteiger partial charge in [0.1, 0.15) is 11.5 Å². The van der Waals surface area contributed by atoms with E-state index in [2.05, 4.69) is 33.0 Å². The van der Waals surface area contributed by atoms with Gasteiger partial charge >= 0.3 is 0 Å². The zero-order valence-corrected chi connectivity index (χ0v) is 13.1. The van der Waals surface area contributed by atoms with Crippen LogP contribution in [-0.4, -0.2) is 7.05 Å². The van der Waals surface area contributed by atoms with E-state index >= 15 is 0 Å². The molecule has 2 aromatic rings. The number of halogens is 1. The van der Waals surface area contributed by atoms with Gasteiger partial charge in [0.05, 0.1) is 6.54 Å². The fourth-order valence-corrected chi connectivity index (χ4v) is 2.51. The molecule has 102 valence electrons. The highest BCUT2D eigenvalue weighted by atomic mass is 79.9. The van der Waals surface area contributed by atoms with E-state index in [0.717, 1.165) is 33.8 Å². The number of aryl methyl sites for hydroxylation is 1. The minimum Gasteiger partial charge on any atom is -0.464 e. The van der Waals surface area contributed by atoms with Crippen LogP contribution < -0.4 is 10.6 Å². The van der Waals surface area contributed by atoms with Crippen LogP contribution >= 0.6 is 15.9 Å². The van der Waals surface area contributed by atoms with Gasteiger partial charge in [0.15, 0.2) is 0 Å². The lowest BCUT2D eigenvalue weighted by Gasteiger charge is -2.23. The Bertz CT molecular complexity index is 563. The summed E-state index contributed by atoms with van der Waals surface area (Å²) in [5.41, 5.74) is 8.30. The Balaban J connectivity index is 2.25. The Hall–Kier alpha value is -1.26. The summed E-state index contributed by atoms with van der Waals surface area (Å²) in [5.74, 6) is 1.89. The average molecular weight is 323 g/mol. The van der Waals surface area contributed by atoms with Crippen LogP contribution in [0.25, 0.3) is 0 Å². The molecule has 0 bridgehead atoms. The molecule has 0 saturated heterocycles. The molecular formula is C15H19BrN2O. The van der Waals surface area contributed by atoms with E-state index in [-0.39, 0.29) is 6.04 Å². The molecule has 2 rings (SSSR count). The summed E-state index contributed by atoms with van der Waals surface area (Å²) in [5, 5.41) is 0. The molecule has 0 aliphatic carbocycles. The molecular weight excluding hydrogens is 304 g/mol. The summed E-state index contributed by atoms with van der Waals surface area (Å²) in [6.07, 6.45) is 0. The lowest BCUT2D eigenvalue weighted by Crippen LogP contribution is -2.20. The molecule has 0 fully saturated rings. The number of hydrogen-bond donors (Lipinski definition) is 1. The first-order valence-electron chi connectivity index (χ1n) is 6.29. The van der Waals surface area contributed by atoms with Crippen molar-refractivity contribution in [1.29, 1.82) is 0 Å². The normalized spacial score (nSPS) is 12.5. The van der Waals surface area contributed by atoms with Gasteiger partial charge in [0.25, 0.3) is 0 Å². The third-order valence-electron chi connectivity index (χ3n) is 3.08. The second-order valence-corrected chi connectivity index (χ2v) is 5.78. The van der Waals surface area contributed by atoms with Gasteiger partial charge in [0.2, 0.25) is 0 Å². The van der Waals surface area contributed by atoms with E-state index in [1.807, 2.05) is 39.1 Å². The highest BCUT2D eigenvalue weighted by molar-refractivity contribution is 9.10. The Morgan fingerprint density at radius 3 is 2.63 bits per heavy atom. The molecule has 0 aliphatic rings. The van der Waals surface area contributed by atoms with Gasteiger partial charge in [-0.1, -0.05) is 15.9 Å². The Morgan fingerprint density at radius 2 is 2.05 bits per heavy atom. The van der Waals surface area contributed by atoms with Crippen LogP contribution in [0.1, 0.15) is 30.0 Å². The SMILES string of the molecule is Cc1ccc(CN(C)c2ccc(Br)cc2C(C)N)o1. The molecule has 1 unspecified atom stereocenters. The van der Waals surface area contributed by atoms with Crippen molar-refractivity contribution in [2.24, 2.45) is 5.73 Å². The zero-order valence-electron chi connectivity index (χ0n) is 11.5. The quantitative estimate of drug-likeness (QED) is 0.924. The molecule has 1 aromatic carbocycles. The van der Waals surface area contributed by atoms with Crippen molar-refractivity contribution in [2.45, 2.75) is 26.4 Å². The smallest absolute Gasteiger partial charge is 0.123 e. The van der Waals surface area contributed by atoms with Crippen molar-refractivity contribution in [3.8, 4) is 0 Å². The lowest BCUT2D eigenvalue weighted by molar-refractivity contribution is 0.481. The monoisotopic (exact) mass is 322 g/mol. The predicted octanol–water partition coefficient (Wildman–Crippen LogP) is 4.01. The third kappa shape index (κ3) is 3.39. The summed E-state index contributed by atoms with van der Waals surface area (Å²) >= 11 is 3.49. The van der Waals surface area contributed by atoms with Crippen LogP contribution in [0, 0.1) is 6.92 Å². The lowest BCUT2D eigenvalue weighted by atomic mass is 10.1. The molecule has 2 N–H and O–H groups in total. The molecule has 4 heteroatoms. The van der Waals surface area contributed by atoms with E-state index in [0.29, 0.717) is 0 Å². The van der Waals surface area contributed by atoms with E-state index in [9.17, 15) is 0 Å². The van der Waals surface area contributed by atoms with E-state index in [1.54, 1.807) is 0 Å². The van der Waals surface area contributed by atoms with Gasteiger partial charge in [0, 0.05) is 23.2 Å². The van der Waals surface area contributed by atoms with E-state index < -0.39 is 0 Å². The molecule has 0 saturated carbocycles. The molecule has 3 nitrogen and oxygen atoms in total. The fraction of sp³-hybridized carbons (Fsp3) is 0.333. The van der Waals surface area contributed by atoms with Crippen molar-refractivity contribution in [1.82, 2.24) is 0 Å². The van der Waals surface area contributed by atoms with Crippen LogP contribution in [0.5, 0.6) is 0 Å². The maximum Gasteiger partial charge on any atom is 0.123 e. The molecule has 1 atom stereocenters. The van der Waals surface area contributed by atoms with Crippen molar-refractivity contribution in [3.63, 3.8) is 0 Å². The van der Waals surface area contributed by atoms with Gasteiger partial charge in [-0.15, -0.1) is 0 Å². The number of benzene rings is 1. The van der Waals surface area contributed by atoms with Gasteiger partial charge in [-0.3, -0.25) is 0 Å². The highest BCUT2D eigenvalue weighted by Gasteiger charge is 2.12. The first-order chi connectivity index (χ1) is 8.97. The van der Waals surface area contributed by atoms with Crippen molar-refractivity contribution < 1.29 is 4.42 Å². The van der Waals surface area contributed by atoms with Crippen LogP contribution in [0.15, 0.2) is 39.2 Å². The van der Waals surface area contributed by atoms with Crippen molar-refractivity contribution >= 4 is 21.6 Å². The Labute approximate surface area is 122 Å². The number of nitrogens with zero attached hydrogens (tertiary/aromatic N) is 1. The zero-order chi connectivity index (χ0) is 14.0. The number of furan rings is 1. The van der Waals surface area contributed by atoms with Crippen molar-refractivity contribution in [3.05, 3.63) is 51.9 Å². The van der Waals surface area contributed by atoms with Gasteiger partial charge in [-0.2, -0.15) is 0 Å². The minimum atomic E-state index is -0.00622. The first kappa shape index (κ1) is 14.2. The number of rotatable bonds is 4. The molecule has 1 aromatic heterocycles. The summed E-state index contributed by atoms with van der Waals surface area (Å²) < 4.78 is 6.66. The number of anilines is 1. The van der Waals surface area contributed by atoms with Crippen LogP contribution in [0.4, 0.5) is 5.69 Å². The molecule has 0 aliphatic heterocycles. The van der Waals surface area contributed by atoms with Crippen LogP contribution in [0.2, 0.25) is 0 Å². The topological polar surface area (TPSA) is 42.4 Å². The van der Waals surface area contributed by atoms with Crippen molar-refractivity contribution in [2.75, 3.05) is 11.9 Å². The molecule has 19 heavy (non-hydrogen) atoms. The predicted molar refractivity (Wildman–Crippen MR) is 82.3 cm³/mol. The van der Waals surface area contributed by atoms with E-state index in [4.69, 9.17) is 10.2 Å². The maximum atomic E-state index is 6.05. The molecule has 0 radical (unpaired) electrons. The second-order valence-electron chi connectivity index (χ2n) is 4.86. The van der Waals surface area contributed by atoms with Crippen LogP contribution in [0.3, 0.4) is 0 Å². The number of hydrogen-bond acceptors (Lipinski definition) is 3. The Kier molecular flexibility index (Phi) is 4.32. The summed E-state index contributed by atoms with van der Waals surface area (Å²) in [7, 11) is 2.05. The van der Waals surface area contributed by atoms with Gasteiger partial charge in [-0.05, 0) is 49.7 Å². The third-order valence-corrected chi connectivity index (χ3v) is 3.57. The maximum absolute atomic E-state index is 6.05.